The van der Waals surface area contributed by atoms with Gasteiger partial charge in [0.15, 0.2) is 0 Å². The van der Waals surface area contributed by atoms with E-state index in [2.05, 4.69) is 75.4 Å². The fraction of sp³-hybridized carbons (Fsp3) is 0.0769. The largest absolute Gasteiger partial charge is 0.486 e. The number of pyridine rings is 4. The maximum atomic E-state index is 6.14. The fourth-order valence-electron chi connectivity index (χ4n) is 5.28. The first kappa shape index (κ1) is 30.0. The van der Waals surface area contributed by atoms with Crippen LogP contribution in [0.1, 0.15) is 16.8 Å². The molecule has 5 nitrogen and oxygen atoms in total. The molecule has 0 atom stereocenters. The molecule has 0 fully saturated rings. The third-order valence-electron chi connectivity index (χ3n) is 7.57. The van der Waals surface area contributed by atoms with Crippen LogP contribution in [-0.4, -0.2) is 19.9 Å². The van der Waals surface area contributed by atoms with Crippen molar-refractivity contribution in [2.24, 2.45) is 0 Å². The molecule has 0 spiro atoms. The van der Waals surface area contributed by atoms with E-state index in [1.807, 2.05) is 93.1 Å². The number of aryl methyl sites for hydroxylation is 3. The van der Waals surface area contributed by atoms with Gasteiger partial charge in [0.05, 0.1) is 11.1 Å². The molecule has 0 bridgehead atoms. The number of hydrogen-bond acceptors (Lipinski definition) is 5. The van der Waals surface area contributed by atoms with Crippen LogP contribution in [0.25, 0.3) is 66.6 Å². The summed E-state index contributed by atoms with van der Waals surface area (Å²) >= 11 is 0. The topological polar surface area (TPSA) is 64.7 Å². The molecule has 5 aromatic heterocycles. The second-order valence-corrected chi connectivity index (χ2v) is 10.8. The number of fused-ring (bicyclic) bond motifs is 4. The molecule has 221 valence electrons. The molecule has 0 aliphatic heterocycles. The number of furan rings is 1. The summed E-state index contributed by atoms with van der Waals surface area (Å²) in [5.74, 6) is 0. The van der Waals surface area contributed by atoms with Crippen molar-refractivity contribution in [2.75, 3.05) is 0 Å². The van der Waals surface area contributed by atoms with Crippen LogP contribution in [0.15, 0.2) is 120 Å². The van der Waals surface area contributed by atoms with Crippen molar-refractivity contribution in [3.05, 3.63) is 145 Å². The van der Waals surface area contributed by atoms with Gasteiger partial charge in [0.1, 0.15) is 0 Å². The summed E-state index contributed by atoms with van der Waals surface area (Å²) in [6, 6.07) is 39.1. The Kier molecular flexibility index (Phi) is 8.61. The van der Waals surface area contributed by atoms with Gasteiger partial charge in [-0.2, -0.15) is 0 Å². The predicted molar refractivity (Wildman–Crippen MR) is 177 cm³/mol. The van der Waals surface area contributed by atoms with E-state index in [0.717, 1.165) is 66.6 Å². The minimum Gasteiger partial charge on any atom is -0.486 e. The Morgan fingerprint density at radius 1 is 0.667 bits per heavy atom. The van der Waals surface area contributed by atoms with Gasteiger partial charge in [-0.3, -0.25) is 4.98 Å². The minimum absolute atomic E-state index is 0. The van der Waals surface area contributed by atoms with Crippen LogP contribution in [0.4, 0.5) is 0 Å². The third-order valence-corrected chi connectivity index (χ3v) is 7.57. The van der Waals surface area contributed by atoms with E-state index in [1.54, 1.807) is 0 Å². The molecule has 8 rings (SSSR count). The number of nitrogens with zero attached hydrogens (tertiary/aromatic N) is 4. The Morgan fingerprint density at radius 3 is 2.38 bits per heavy atom. The van der Waals surface area contributed by atoms with Crippen molar-refractivity contribution in [2.45, 2.75) is 20.8 Å². The van der Waals surface area contributed by atoms with Crippen molar-refractivity contribution in [1.29, 1.82) is 0 Å². The summed E-state index contributed by atoms with van der Waals surface area (Å²) in [5.41, 5.74) is 11.6. The van der Waals surface area contributed by atoms with Crippen molar-refractivity contribution >= 4 is 33.0 Å². The maximum Gasteiger partial charge on any atom is 0.216 e. The second-order valence-electron chi connectivity index (χ2n) is 10.8. The summed E-state index contributed by atoms with van der Waals surface area (Å²) in [4.78, 5) is 18.0. The van der Waals surface area contributed by atoms with Crippen molar-refractivity contribution in [1.82, 2.24) is 19.9 Å². The monoisotopic (exact) mass is 761 g/mol. The van der Waals surface area contributed by atoms with Crippen LogP contribution in [0.3, 0.4) is 0 Å². The normalized spacial score (nSPS) is 10.8. The van der Waals surface area contributed by atoms with Crippen LogP contribution in [-0.2, 0) is 20.1 Å². The molecule has 8 aromatic rings. The Labute approximate surface area is 275 Å². The van der Waals surface area contributed by atoms with Gasteiger partial charge in [0.2, 0.25) is 5.71 Å². The zero-order valence-corrected chi connectivity index (χ0v) is 27.4. The molecule has 0 saturated carbocycles. The average molecular weight is 761 g/mol. The van der Waals surface area contributed by atoms with E-state index in [9.17, 15) is 0 Å². The number of hydrogen-bond donors (Lipinski definition) is 0. The summed E-state index contributed by atoms with van der Waals surface area (Å²) in [7, 11) is 0. The van der Waals surface area contributed by atoms with E-state index in [4.69, 9.17) is 4.42 Å². The molecule has 3 aromatic carbocycles. The van der Waals surface area contributed by atoms with Gasteiger partial charge in [0.25, 0.3) is 0 Å². The van der Waals surface area contributed by atoms with E-state index in [0.29, 0.717) is 5.71 Å². The fourth-order valence-corrected chi connectivity index (χ4v) is 5.28. The maximum absolute atomic E-state index is 6.14. The molecule has 45 heavy (non-hydrogen) atoms. The SMILES string of the molecule is Cc1c[c-]c(-c2ccc(C)cn2)cc1.Cc1ccc2c(n1)oc1c(-c3cc(-c4cccc5ncccc45)ccn3)[c-]ccc12.[Ir]. The van der Waals surface area contributed by atoms with E-state index in [1.165, 1.54) is 11.1 Å². The Balaban J connectivity index is 0.000000201. The summed E-state index contributed by atoms with van der Waals surface area (Å²) < 4.78 is 6.14. The van der Waals surface area contributed by atoms with Crippen LogP contribution < -0.4 is 0 Å². The van der Waals surface area contributed by atoms with E-state index in [-0.39, 0.29) is 20.1 Å². The zero-order valence-electron chi connectivity index (χ0n) is 25.0. The second kappa shape index (κ2) is 12.9. The molecule has 5 heterocycles. The smallest absolute Gasteiger partial charge is 0.216 e. The van der Waals surface area contributed by atoms with Crippen molar-refractivity contribution < 1.29 is 24.5 Å². The first-order chi connectivity index (χ1) is 21.5. The Bertz CT molecular complexity index is 2210. The molecular weight excluding hydrogens is 733 g/mol. The zero-order chi connectivity index (χ0) is 30.0. The molecule has 0 aliphatic carbocycles. The van der Waals surface area contributed by atoms with E-state index >= 15 is 0 Å². The summed E-state index contributed by atoms with van der Waals surface area (Å²) in [6.07, 6.45) is 5.53. The predicted octanol–water partition coefficient (Wildman–Crippen LogP) is 9.53. The summed E-state index contributed by atoms with van der Waals surface area (Å²) in [6.45, 7) is 6.06. The molecule has 1 radical (unpaired) electrons. The number of benzene rings is 3. The first-order valence-corrected chi connectivity index (χ1v) is 14.5. The van der Waals surface area contributed by atoms with Crippen molar-refractivity contribution in [3.8, 4) is 33.6 Å². The van der Waals surface area contributed by atoms with Crippen molar-refractivity contribution in [3.63, 3.8) is 0 Å². The molecule has 0 aliphatic rings. The summed E-state index contributed by atoms with van der Waals surface area (Å²) in [5, 5.41) is 3.14. The standard InChI is InChI=1S/C26H16N3O.C13H12N.Ir/c1-16-10-11-21-20-6-2-7-22(25(20)30-26(21)29-16)24-15-17(12-14-28-24)18-5-3-9-23-19(18)8-4-13-27-23;1-10-3-6-12(7-4-10)13-8-5-11(2)9-14-13;/h2-6,8-15H,1H3;3-6,8-9H,1-2H3;/q2*-1;. The molecule has 0 unspecified atom stereocenters. The molecular formula is C39H28IrN4O-2. The van der Waals surface area contributed by atoms with Gasteiger partial charge in [-0.05, 0) is 72.3 Å². The van der Waals surface area contributed by atoms with Gasteiger partial charge in [-0.1, -0.05) is 54.3 Å². The van der Waals surface area contributed by atoms with E-state index < -0.39 is 0 Å². The van der Waals surface area contributed by atoms with Crippen LogP contribution >= 0.6 is 0 Å². The van der Waals surface area contributed by atoms with Crippen LogP contribution in [0.5, 0.6) is 0 Å². The van der Waals surface area contributed by atoms with Gasteiger partial charge >= 0.3 is 0 Å². The van der Waals surface area contributed by atoms with Gasteiger partial charge in [-0.15, -0.1) is 53.6 Å². The Hall–Kier alpha value is -5.03. The number of aromatic nitrogens is 4. The van der Waals surface area contributed by atoms with Crippen LogP contribution in [0.2, 0.25) is 0 Å². The first-order valence-electron chi connectivity index (χ1n) is 14.5. The Morgan fingerprint density at radius 2 is 1.56 bits per heavy atom. The minimum atomic E-state index is 0. The quantitative estimate of drug-likeness (QED) is 0.168. The molecule has 0 amide bonds. The van der Waals surface area contributed by atoms with Gasteiger partial charge in [-0.25, -0.2) is 4.98 Å². The average Bonchev–Trinajstić information content (AvgIpc) is 3.43. The molecule has 0 saturated heterocycles. The van der Waals surface area contributed by atoms with Crippen LogP contribution in [0, 0.1) is 32.9 Å². The van der Waals surface area contributed by atoms with Gasteiger partial charge < -0.3 is 14.4 Å². The molecule has 0 N–H and O–H groups in total. The third kappa shape index (κ3) is 6.16. The molecule has 6 heteroatoms. The number of rotatable bonds is 3. The van der Waals surface area contributed by atoms with Gasteiger partial charge in [0, 0.05) is 55.2 Å².